The number of halogens is 1. The van der Waals surface area contributed by atoms with Crippen molar-refractivity contribution in [3.05, 3.63) is 52.5 Å². The average molecular weight is 406 g/mol. The molecule has 6 heteroatoms. The van der Waals surface area contributed by atoms with E-state index in [-0.39, 0.29) is 5.91 Å². The van der Waals surface area contributed by atoms with Gasteiger partial charge in [0.05, 0.1) is 26.7 Å². The van der Waals surface area contributed by atoms with Crippen molar-refractivity contribution in [3.63, 3.8) is 0 Å². The van der Waals surface area contributed by atoms with Gasteiger partial charge >= 0.3 is 0 Å². The fourth-order valence-electron chi connectivity index (χ4n) is 3.47. The second kappa shape index (κ2) is 9.69. The van der Waals surface area contributed by atoms with Gasteiger partial charge in [0.15, 0.2) is 11.5 Å². The molecule has 1 amide bonds. The van der Waals surface area contributed by atoms with Crippen molar-refractivity contribution in [2.24, 2.45) is 0 Å². The minimum atomic E-state index is -0.606. The van der Waals surface area contributed by atoms with E-state index in [0.717, 1.165) is 11.1 Å². The molecule has 0 spiro atoms. The monoisotopic (exact) mass is 405 g/mol. The van der Waals surface area contributed by atoms with E-state index < -0.39 is 5.41 Å². The molecule has 0 bridgehead atoms. The van der Waals surface area contributed by atoms with Crippen molar-refractivity contribution < 1.29 is 19.0 Å². The van der Waals surface area contributed by atoms with E-state index >= 15 is 0 Å². The van der Waals surface area contributed by atoms with Crippen LogP contribution >= 0.6 is 11.6 Å². The Kier molecular flexibility index (Phi) is 7.58. The van der Waals surface area contributed by atoms with E-state index in [1.807, 2.05) is 50.2 Å². The van der Waals surface area contributed by atoms with Gasteiger partial charge in [-0.3, -0.25) is 4.79 Å². The third kappa shape index (κ3) is 4.36. The number of hydrogen-bond acceptors (Lipinski definition) is 4. The molecule has 0 atom stereocenters. The minimum absolute atomic E-state index is 0.0198. The molecule has 0 aliphatic rings. The van der Waals surface area contributed by atoms with Gasteiger partial charge in [-0.1, -0.05) is 37.6 Å². The summed E-state index contributed by atoms with van der Waals surface area (Å²) in [5, 5.41) is 3.73. The zero-order valence-electron chi connectivity index (χ0n) is 17.1. The second-order valence-electron chi connectivity index (χ2n) is 6.51. The first-order chi connectivity index (χ1) is 13.4. The lowest BCUT2D eigenvalue weighted by molar-refractivity contribution is -0.127. The Bertz CT molecular complexity index is 776. The second-order valence-corrected chi connectivity index (χ2v) is 6.95. The van der Waals surface area contributed by atoms with Crippen LogP contribution in [0, 0.1) is 0 Å². The lowest BCUT2D eigenvalue weighted by Crippen LogP contribution is -2.43. The number of ether oxygens (including phenoxy) is 3. The topological polar surface area (TPSA) is 56.8 Å². The molecule has 2 rings (SSSR count). The summed E-state index contributed by atoms with van der Waals surface area (Å²) in [6, 6.07) is 11.2. The number of carbonyl (C=O) groups excluding carboxylic acids is 1. The van der Waals surface area contributed by atoms with Crippen LogP contribution in [0.4, 0.5) is 0 Å². The highest BCUT2D eigenvalue weighted by molar-refractivity contribution is 6.30. The van der Waals surface area contributed by atoms with Gasteiger partial charge in [0, 0.05) is 11.6 Å². The van der Waals surface area contributed by atoms with Crippen LogP contribution in [0.5, 0.6) is 17.2 Å². The molecule has 0 aliphatic heterocycles. The summed E-state index contributed by atoms with van der Waals surface area (Å²) in [5.41, 5.74) is 1.22. The summed E-state index contributed by atoms with van der Waals surface area (Å²) in [7, 11) is 4.70. The molecule has 152 valence electrons. The van der Waals surface area contributed by atoms with E-state index in [4.69, 9.17) is 25.8 Å². The summed E-state index contributed by atoms with van der Waals surface area (Å²) < 4.78 is 16.1. The van der Waals surface area contributed by atoms with Crippen molar-refractivity contribution in [2.45, 2.75) is 38.6 Å². The first-order valence-corrected chi connectivity index (χ1v) is 9.66. The van der Waals surface area contributed by atoms with Crippen molar-refractivity contribution >= 4 is 17.5 Å². The van der Waals surface area contributed by atoms with Crippen LogP contribution in [0.1, 0.15) is 37.8 Å². The molecule has 0 radical (unpaired) electrons. The van der Waals surface area contributed by atoms with E-state index in [9.17, 15) is 4.79 Å². The first-order valence-electron chi connectivity index (χ1n) is 9.28. The maximum Gasteiger partial charge on any atom is 0.230 e. The summed E-state index contributed by atoms with van der Waals surface area (Å²) in [6.45, 7) is 4.40. The summed E-state index contributed by atoms with van der Waals surface area (Å²) in [6.07, 6.45) is 1.37. The molecule has 0 aliphatic carbocycles. The summed E-state index contributed by atoms with van der Waals surface area (Å²) in [4.78, 5) is 13.2. The smallest absolute Gasteiger partial charge is 0.230 e. The maximum absolute atomic E-state index is 13.2. The van der Waals surface area contributed by atoms with Crippen molar-refractivity contribution in [1.82, 2.24) is 5.32 Å². The SMILES string of the molecule is CCC(CC)(C(=O)NCc1cc(OC)c(OC)c(OC)c1)c1ccc(Cl)cc1. The molecular weight excluding hydrogens is 378 g/mol. The molecule has 0 saturated heterocycles. The Labute approximate surface area is 171 Å². The molecule has 0 fully saturated rings. The van der Waals surface area contributed by atoms with E-state index in [2.05, 4.69) is 5.32 Å². The lowest BCUT2D eigenvalue weighted by Gasteiger charge is -2.31. The normalized spacial score (nSPS) is 11.1. The number of benzene rings is 2. The van der Waals surface area contributed by atoms with Gasteiger partial charge < -0.3 is 19.5 Å². The highest BCUT2D eigenvalue weighted by atomic mass is 35.5. The number of amides is 1. The Morgan fingerprint density at radius 1 is 0.964 bits per heavy atom. The number of methoxy groups -OCH3 is 3. The average Bonchev–Trinajstić information content (AvgIpc) is 2.73. The Morgan fingerprint density at radius 3 is 1.93 bits per heavy atom. The molecular formula is C22H28ClNO4. The number of carbonyl (C=O) groups is 1. The minimum Gasteiger partial charge on any atom is -0.493 e. The van der Waals surface area contributed by atoms with E-state index in [1.54, 1.807) is 21.3 Å². The van der Waals surface area contributed by atoms with Gasteiger partial charge in [-0.25, -0.2) is 0 Å². The van der Waals surface area contributed by atoms with Crippen LogP contribution in [0.15, 0.2) is 36.4 Å². The van der Waals surface area contributed by atoms with Crippen LogP contribution in [-0.2, 0) is 16.8 Å². The summed E-state index contributed by atoms with van der Waals surface area (Å²) in [5.74, 6) is 1.62. The molecule has 1 N–H and O–H groups in total. The standard InChI is InChI=1S/C22H28ClNO4/c1-6-22(7-2,16-8-10-17(23)11-9-16)21(25)24-14-15-12-18(26-3)20(28-5)19(13-15)27-4/h8-13H,6-7,14H2,1-5H3,(H,24,25). The van der Waals surface area contributed by atoms with Crippen LogP contribution in [-0.4, -0.2) is 27.2 Å². The number of nitrogens with one attached hydrogen (secondary N) is 1. The predicted molar refractivity (Wildman–Crippen MR) is 112 cm³/mol. The zero-order chi connectivity index (χ0) is 20.7. The highest BCUT2D eigenvalue weighted by Crippen LogP contribution is 2.38. The molecule has 2 aromatic rings. The van der Waals surface area contributed by atoms with Crippen LogP contribution < -0.4 is 19.5 Å². The predicted octanol–water partition coefficient (Wildman–Crippen LogP) is 4.74. The molecule has 0 unspecified atom stereocenters. The maximum atomic E-state index is 13.2. The largest absolute Gasteiger partial charge is 0.493 e. The molecule has 0 saturated carbocycles. The van der Waals surface area contributed by atoms with E-state index in [1.165, 1.54) is 0 Å². The van der Waals surface area contributed by atoms with Gasteiger partial charge in [-0.05, 0) is 48.2 Å². The van der Waals surface area contributed by atoms with Crippen molar-refractivity contribution in [2.75, 3.05) is 21.3 Å². The fourth-order valence-corrected chi connectivity index (χ4v) is 3.59. The molecule has 5 nitrogen and oxygen atoms in total. The fraction of sp³-hybridized carbons (Fsp3) is 0.409. The van der Waals surface area contributed by atoms with Crippen LogP contribution in [0.2, 0.25) is 5.02 Å². The molecule has 0 aromatic heterocycles. The van der Waals surface area contributed by atoms with Crippen molar-refractivity contribution in [1.29, 1.82) is 0 Å². The molecule has 0 heterocycles. The lowest BCUT2D eigenvalue weighted by atomic mass is 9.75. The van der Waals surface area contributed by atoms with Crippen LogP contribution in [0.3, 0.4) is 0 Å². The summed E-state index contributed by atoms with van der Waals surface area (Å²) >= 11 is 6.02. The number of rotatable bonds is 9. The number of hydrogen-bond donors (Lipinski definition) is 1. The highest BCUT2D eigenvalue weighted by Gasteiger charge is 2.36. The Balaban J connectivity index is 2.27. The van der Waals surface area contributed by atoms with E-state index in [0.29, 0.717) is 41.7 Å². The third-order valence-corrected chi connectivity index (χ3v) is 5.47. The van der Waals surface area contributed by atoms with Gasteiger partial charge in [0.2, 0.25) is 11.7 Å². The quantitative estimate of drug-likeness (QED) is 0.654. The van der Waals surface area contributed by atoms with Gasteiger partial charge in [-0.15, -0.1) is 0 Å². The third-order valence-electron chi connectivity index (χ3n) is 5.22. The Hall–Kier alpha value is -2.40. The van der Waals surface area contributed by atoms with Crippen LogP contribution in [0.25, 0.3) is 0 Å². The first kappa shape index (κ1) is 21.9. The van der Waals surface area contributed by atoms with Crippen molar-refractivity contribution in [3.8, 4) is 17.2 Å². The van der Waals surface area contributed by atoms with Gasteiger partial charge in [-0.2, -0.15) is 0 Å². The zero-order valence-corrected chi connectivity index (χ0v) is 17.9. The molecule has 28 heavy (non-hydrogen) atoms. The van der Waals surface area contributed by atoms with Gasteiger partial charge in [0.25, 0.3) is 0 Å². The molecule has 2 aromatic carbocycles. The Morgan fingerprint density at radius 2 is 1.50 bits per heavy atom. The van der Waals surface area contributed by atoms with Gasteiger partial charge in [0.1, 0.15) is 0 Å².